The van der Waals surface area contributed by atoms with Crippen molar-refractivity contribution in [1.82, 2.24) is 10.2 Å². The maximum atomic E-state index is 14.4. The van der Waals surface area contributed by atoms with Gasteiger partial charge in [0.2, 0.25) is 11.8 Å². The number of aryl methyl sites for hydroxylation is 2. The van der Waals surface area contributed by atoms with Crippen LogP contribution in [0.5, 0.6) is 0 Å². The number of hydrogen-bond donors (Lipinski definition) is 1. The van der Waals surface area contributed by atoms with Crippen LogP contribution in [0.4, 0.5) is 5.69 Å². The van der Waals surface area contributed by atoms with Crippen LogP contribution in [0, 0.1) is 13.8 Å². The van der Waals surface area contributed by atoms with Crippen molar-refractivity contribution in [2.75, 3.05) is 17.4 Å². The summed E-state index contributed by atoms with van der Waals surface area (Å²) >= 11 is 3.45. The molecule has 4 aromatic rings. The van der Waals surface area contributed by atoms with E-state index in [9.17, 15) is 18.0 Å². The number of carbonyl (C=O) groups is 2. The molecule has 1 N–H and O–H groups in total. The zero-order valence-corrected chi connectivity index (χ0v) is 26.9. The molecule has 224 valence electrons. The molecule has 0 radical (unpaired) electrons. The number of sulfonamides is 1. The van der Waals surface area contributed by atoms with Gasteiger partial charge in [-0.05, 0) is 67.8 Å². The fourth-order valence-corrected chi connectivity index (χ4v) is 6.71. The third kappa shape index (κ3) is 8.12. The van der Waals surface area contributed by atoms with E-state index < -0.39 is 28.5 Å². The first kappa shape index (κ1) is 32.0. The van der Waals surface area contributed by atoms with Crippen LogP contribution in [0.15, 0.2) is 112 Å². The van der Waals surface area contributed by atoms with E-state index in [-0.39, 0.29) is 23.8 Å². The molecule has 4 aromatic carbocycles. The molecule has 0 saturated carbocycles. The first-order chi connectivity index (χ1) is 20.6. The van der Waals surface area contributed by atoms with Gasteiger partial charge < -0.3 is 10.2 Å². The molecule has 0 unspecified atom stereocenters. The lowest BCUT2D eigenvalue weighted by atomic mass is 10.0. The number of carbonyl (C=O) groups excluding carboxylic acids is 2. The van der Waals surface area contributed by atoms with Gasteiger partial charge in [0.15, 0.2) is 0 Å². The van der Waals surface area contributed by atoms with E-state index in [4.69, 9.17) is 0 Å². The molecule has 43 heavy (non-hydrogen) atoms. The highest BCUT2D eigenvalue weighted by Gasteiger charge is 2.34. The van der Waals surface area contributed by atoms with Crippen LogP contribution in [0.1, 0.15) is 29.2 Å². The Morgan fingerprint density at radius 3 is 2.07 bits per heavy atom. The lowest BCUT2D eigenvalue weighted by molar-refractivity contribution is -0.140. The summed E-state index contributed by atoms with van der Waals surface area (Å²) in [5.74, 6) is -0.796. The molecule has 0 bridgehead atoms. The molecule has 0 aromatic heterocycles. The van der Waals surface area contributed by atoms with Gasteiger partial charge in [-0.15, -0.1) is 0 Å². The number of nitrogens with one attached hydrogen (secondary N) is 1. The summed E-state index contributed by atoms with van der Waals surface area (Å²) in [5.41, 5.74) is 3.79. The second kappa shape index (κ2) is 14.5. The molecular weight excluding hydrogens is 626 g/mol. The largest absolute Gasteiger partial charge is 0.355 e. The minimum Gasteiger partial charge on any atom is -0.355 e. The average molecular weight is 663 g/mol. The van der Waals surface area contributed by atoms with Gasteiger partial charge in [0.25, 0.3) is 10.0 Å². The first-order valence-electron chi connectivity index (χ1n) is 14.1. The second-order valence-corrected chi connectivity index (χ2v) is 13.1. The van der Waals surface area contributed by atoms with Gasteiger partial charge >= 0.3 is 0 Å². The van der Waals surface area contributed by atoms with Gasteiger partial charge in [-0.25, -0.2) is 8.42 Å². The summed E-state index contributed by atoms with van der Waals surface area (Å²) in [6.45, 7) is 5.61. The number of anilines is 1. The Bertz CT molecular complexity index is 1650. The second-order valence-electron chi connectivity index (χ2n) is 10.4. The Labute approximate surface area is 262 Å². The lowest BCUT2D eigenvalue weighted by Gasteiger charge is -2.34. The topological polar surface area (TPSA) is 86.8 Å². The van der Waals surface area contributed by atoms with Gasteiger partial charge in [0, 0.05) is 24.0 Å². The molecule has 0 aliphatic heterocycles. The van der Waals surface area contributed by atoms with Gasteiger partial charge in [0.05, 0.1) is 10.6 Å². The summed E-state index contributed by atoms with van der Waals surface area (Å²) in [5, 5.41) is 2.88. The van der Waals surface area contributed by atoms with E-state index in [1.165, 1.54) is 17.0 Å². The molecule has 7 nitrogen and oxygen atoms in total. The van der Waals surface area contributed by atoms with Crippen molar-refractivity contribution in [3.8, 4) is 0 Å². The normalized spacial score (nSPS) is 11.9. The predicted molar refractivity (Wildman–Crippen MR) is 174 cm³/mol. The smallest absolute Gasteiger partial charge is 0.264 e. The Morgan fingerprint density at radius 1 is 0.837 bits per heavy atom. The Kier molecular flexibility index (Phi) is 10.8. The van der Waals surface area contributed by atoms with E-state index in [1.807, 2.05) is 87.5 Å². The molecule has 0 heterocycles. The minimum absolute atomic E-state index is 0.0757. The molecule has 2 amide bonds. The maximum absolute atomic E-state index is 14.4. The van der Waals surface area contributed by atoms with E-state index in [1.54, 1.807) is 24.3 Å². The van der Waals surface area contributed by atoms with Crippen LogP contribution in [0.3, 0.4) is 0 Å². The van der Waals surface area contributed by atoms with Crippen molar-refractivity contribution < 1.29 is 18.0 Å². The van der Waals surface area contributed by atoms with Crippen LogP contribution in [0.2, 0.25) is 0 Å². The summed E-state index contributed by atoms with van der Waals surface area (Å²) < 4.78 is 30.2. The zero-order valence-electron chi connectivity index (χ0n) is 24.5. The molecule has 0 aliphatic rings. The average Bonchev–Trinajstić information content (AvgIpc) is 3.00. The molecule has 1 atom stereocenters. The molecule has 0 aliphatic carbocycles. The van der Waals surface area contributed by atoms with Crippen molar-refractivity contribution in [3.63, 3.8) is 0 Å². The number of halogens is 1. The predicted octanol–water partition coefficient (Wildman–Crippen LogP) is 6.04. The van der Waals surface area contributed by atoms with Gasteiger partial charge in [-0.2, -0.15) is 0 Å². The van der Waals surface area contributed by atoms with Crippen LogP contribution < -0.4 is 9.62 Å². The van der Waals surface area contributed by atoms with Crippen LogP contribution >= 0.6 is 15.9 Å². The standard InChI is InChI=1S/C34H36BrN3O4S/c1-4-36-34(40)32(22-27-11-7-5-8-12-27)37(23-28-16-18-29(35)19-17-28)33(39)24-38(31-20-15-25(2)21-26(31)3)43(41,42)30-13-9-6-10-14-30/h5-21,32H,4,22-24H2,1-3H3,(H,36,40)/t32-/m1/s1. The molecule has 4 rings (SSSR count). The number of amides is 2. The summed E-state index contributed by atoms with van der Waals surface area (Å²) in [6.07, 6.45) is 0.268. The summed E-state index contributed by atoms with van der Waals surface area (Å²) in [4.78, 5) is 29.6. The number of likely N-dealkylation sites (N-methyl/N-ethyl adjacent to an activating group) is 1. The minimum atomic E-state index is -4.13. The Balaban J connectivity index is 1.81. The number of nitrogens with zero attached hydrogens (tertiary/aromatic N) is 2. The summed E-state index contributed by atoms with van der Waals surface area (Å²) in [7, 11) is -4.13. The highest BCUT2D eigenvalue weighted by atomic mass is 79.9. The number of hydrogen-bond acceptors (Lipinski definition) is 4. The molecular formula is C34H36BrN3O4S. The molecule has 0 spiro atoms. The Morgan fingerprint density at radius 2 is 1.47 bits per heavy atom. The third-order valence-electron chi connectivity index (χ3n) is 7.12. The molecule has 0 saturated heterocycles. The van der Waals surface area contributed by atoms with Crippen molar-refractivity contribution in [1.29, 1.82) is 0 Å². The number of rotatable bonds is 12. The third-order valence-corrected chi connectivity index (χ3v) is 9.42. The highest BCUT2D eigenvalue weighted by molar-refractivity contribution is 9.10. The van der Waals surface area contributed by atoms with Gasteiger partial charge in [-0.3, -0.25) is 13.9 Å². The fourth-order valence-electron chi connectivity index (χ4n) is 4.95. The SMILES string of the molecule is CCNC(=O)[C@@H](Cc1ccccc1)N(Cc1ccc(Br)cc1)C(=O)CN(c1ccc(C)cc1C)S(=O)(=O)c1ccccc1. The molecule has 9 heteroatoms. The van der Waals surface area contributed by atoms with Crippen LogP contribution in [-0.2, 0) is 32.6 Å². The highest BCUT2D eigenvalue weighted by Crippen LogP contribution is 2.28. The van der Waals surface area contributed by atoms with Crippen molar-refractivity contribution >= 4 is 43.5 Å². The van der Waals surface area contributed by atoms with E-state index in [2.05, 4.69) is 21.2 Å². The number of benzene rings is 4. The van der Waals surface area contributed by atoms with Gasteiger partial charge in [0.1, 0.15) is 12.6 Å². The van der Waals surface area contributed by atoms with E-state index >= 15 is 0 Å². The Hall–Kier alpha value is -3.95. The molecule has 0 fully saturated rings. The van der Waals surface area contributed by atoms with E-state index in [0.29, 0.717) is 12.2 Å². The van der Waals surface area contributed by atoms with Crippen LogP contribution in [0.25, 0.3) is 0 Å². The van der Waals surface area contributed by atoms with Crippen molar-refractivity contribution in [3.05, 3.63) is 130 Å². The van der Waals surface area contributed by atoms with Gasteiger partial charge in [-0.1, -0.05) is 94.3 Å². The summed E-state index contributed by atoms with van der Waals surface area (Å²) in [6, 6.07) is 29.6. The van der Waals surface area contributed by atoms with E-state index in [0.717, 1.165) is 31.0 Å². The quantitative estimate of drug-likeness (QED) is 0.201. The monoisotopic (exact) mass is 661 g/mol. The van der Waals surface area contributed by atoms with Crippen molar-refractivity contribution in [2.45, 2.75) is 44.7 Å². The van der Waals surface area contributed by atoms with Crippen LogP contribution in [-0.4, -0.2) is 44.3 Å². The zero-order chi connectivity index (χ0) is 31.0. The maximum Gasteiger partial charge on any atom is 0.264 e. The fraction of sp³-hybridized carbons (Fsp3) is 0.235. The first-order valence-corrected chi connectivity index (χ1v) is 16.3. The van der Waals surface area contributed by atoms with Crippen molar-refractivity contribution in [2.24, 2.45) is 0 Å². The lowest BCUT2D eigenvalue weighted by Crippen LogP contribution is -2.53.